The van der Waals surface area contributed by atoms with E-state index in [9.17, 15) is 4.79 Å². The lowest BCUT2D eigenvalue weighted by molar-refractivity contribution is -0.113. The molecule has 0 fully saturated rings. The average Bonchev–Trinajstić information content (AvgIpc) is 3.05. The summed E-state index contributed by atoms with van der Waals surface area (Å²) < 4.78 is 7.10. The van der Waals surface area contributed by atoms with Crippen LogP contribution in [0.5, 0.6) is 5.75 Å². The van der Waals surface area contributed by atoms with E-state index in [4.69, 9.17) is 16.3 Å². The summed E-state index contributed by atoms with van der Waals surface area (Å²) >= 11 is 7.31. The third kappa shape index (κ3) is 5.17. The molecule has 3 rings (SSSR count). The molecule has 3 aromatic rings. The van der Waals surface area contributed by atoms with Crippen molar-refractivity contribution in [3.05, 3.63) is 59.4 Å². The lowest BCUT2D eigenvalue weighted by Gasteiger charge is -2.09. The van der Waals surface area contributed by atoms with Crippen LogP contribution in [-0.2, 0) is 18.4 Å². The van der Waals surface area contributed by atoms with E-state index in [0.717, 1.165) is 11.5 Å². The first-order valence-electron chi connectivity index (χ1n) is 8.50. The number of halogens is 1. The van der Waals surface area contributed by atoms with Gasteiger partial charge in [-0.3, -0.25) is 4.79 Å². The van der Waals surface area contributed by atoms with Gasteiger partial charge >= 0.3 is 0 Å². The van der Waals surface area contributed by atoms with Crippen molar-refractivity contribution < 1.29 is 9.53 Å². The average molecular weight is 418 g/mol. The van der Waals surface area contributed by atoms with E-state index >= 15 is 0 Å². The molecule has 0 aliphatic heterocycles. The van der Waals surface area contributed by atoms with E-state index in [1.807, 2.05) is 48.0 Å². The summed E-state index contributed by atoms with van der Waals surface area (Å²) in [4.78, 5) is 12.2. The van der Waals surface area contributed by atoms with Crippen molar-refractivity contribution in [2.24, 2.45) is 7.05 Å². The first kappa shape index (κ1) is 20.0. The van der Waals surface area contributed by atoms with Gasteiger partial charge < -0.3 is 19.9 Å². The van der Waals surface area contributed by atoms with Gasteiger partial charge in [-0.25, -0.2) is 0 Å². The fraction of sp³-hybridized carbons (Fsp3) is 0.211. The van der Waals surface area contributed by atoms with Crippen molar-refractivity contribution in [3.8, 4) is 5.75 Å². The van der Waals surface area contributed by atoms with Crippen LogP contribution in [0.15, 0.2) is 53.7 Å². The Kier molecular flexibility index (Phi) is 6.78. The third-order valence-electron chi connectivity index (χ3n) is 3.91. The van der Waals surface area contributed by atoms with Gasteiger partial charge in [0.2, 0.25) is 5.91 Å². The van der Waals surface area contributed by atoms with Gasteiger partial charge in [0.05, 0.1) is 25.1 Å². The van der Waals surface area contributed by atoms with Crippen molar-refractivity contribution in [1.29, 1.82) is 0 Å². The summed E-state index contributed by atoms with van der Waals surface area (Å²) in [5.74, 6) is 1.45. The highest BCUT2D eigenvalue weighted by Crippen LogP contribution is 2.24. The Labute approximate surface area is 172 Å². The predicted octanol–water partition coefficient (Wildman–Crippen LogP) is 3.82. The number of para-hydroxylation sites is 2. The van der Waals surface area contributed by atoms with Gasteiger partial charge in [-0.1, -0.05) is 41.6 Å². The molecule has 1 aromatic heterocycles. The number of nitrogens with one attached hydrogen (secondary N) is 2. The minimum absolute atomic E-state index is 0.142. The largest absolute Gasteiger partial charge is 0.495 e. The Morgan fingerprint density at radius 1 is 1.21 bits per heavy atom. The highest BCUT2D eigenvalue weighted by molar-refractivity contribution is 7.99. The Balaban J connectivity index is 1.54. The van der Waals surface area contributed by atoms with Crippen LogP contribution < -0.4 is 15.4 Å². The Morgan fingerprint density at radius 2 is 2.04 bits per heavy atom. The van der Waals surface area contributed by atoms with Crippen LogP contribution >= 0.6 is 23.4 Å². The zero-order chi connectivity index (χ0) is 19.9. The van der Waals surface area contributed by atoms with Crippen molar-refractivity contribution in [1.82, 2.24) is 14.8 Å². The molecule has 0 atom stereocenters. The number of carbonyl (C=O) groups excluding carboxylic acids is 1. The number of hydrogen-bond donors (Lipinski definition) is 2. The molecule has 7 nitrogen and oxygen atoms in total. The van der Waals surface area contributed by atoms with E-state index in [1.165, 1.54) is 11.8 Å². The molecule has 2 N–H and O–H groups in total. The zero-order valence-electron chi connectivity index (χ0n) is 15.5. The predicted molar refractivity (Wildman–Crippen MR) is 112 cm³/mol. The summed E-state index contributed by atoms with van der Waals surface area (Å²) in [6, 6.07) is 14.8. The third-order valence-corrected chi connectivity index (χ3v) is 5.17. The zero-order valence-corrected chi connectivity index (χ0v) is 17.0. The molecule has 0 radical (unpaired) electrons. The molecule has 1 heterocycles. The van der Waals surface area contributed by atoms with Crippen LogP contribution in [0, 0.1) is 0 Å². The molecule has 0 spiro atoms. The van der Waals surface area contributed by atoms with Crippen LogP contribution in [-0.4, -0.2) is 33.5 Å². The number of carbonyl (C=O) groups is 1. The number of rotatable bonds is 8. The summed E-state index contributed by atoms with van der Waals surface area (Å²) in [7, 11) is 3.44. The Hall–Kier alpha value is -2.71. The molecule has 0 saturated heterocycles. The standard InChI is InChI=1S/C19H20ClN5O2S/c1-25-17(11-21-14-7-5-6-13(20)10-14)23-24-19(25)28-12-18(26)22-15-8-3-4-9-16(15)27-2/h3-10,21H,11-12H2,1-2H3,(H,22,26). The summed E-state index contributed by atoms with van der Waals surface area (Å²) in [5, 5.41) is 15.8. The molecule has 0 bridgehead atoms. The number of methoxy groups -OCH3 is 1. The Morgan fingerprint density at radius 3 is 2.82 bits per heavy atom. The molecule has 0 aliphatic carbocycles. The van der Waals surface area contributed by atoms with Gasteiger partial charge in [0.25, 0.3) is 0 Å². The minimum atomic E-state index is -0.142. The second kappa shape index (κ2) is 9.48. The lowest BCUT2D eigenvalue weighted by Crippen LogP contribution is -2.15. The van der Waals surface area contributed by atoms with Crippen molar-refractivity contribution >= 4 is 40.6 Å². The van der Waals surface area contributed by atoms with E-state index in [1.54, 1.807) is 19.2 Å². The second-order valence-corrected chi connectivity index (χ2v) is 7.24. The maximum atomic E-state index is 12.2. The second-order valence-electron chi connectivity index (χ2n) is 5.86. The number of benzene rings is 2. The molecular weight excluding hydrogens is 398 g/mol. The summed E-state index contributed by atoms with van der Waals surface area (Å²) in [6.07, 6.45) is 0. The molecule has 9 heteroatoms. The maximum absolute atomic E-state index is 12.2. The van der Waals surface area contributed by atoms with Gasteiger partial charge in [0.15, 0.2) is 11.0 Å². The van der Waals surface area contributed by atoms with Crippen LogP contribution in [0.25, 0.3) is 0 Å². The van der Waals surface area contributed by atoms with E-state index < -0.39 is 0 Å². The fourth-order valence-corrected chi connectivity index (χ4v) is 3.39. The van der Waals surface area contributed by atoms with Crippen LogP contribution in [0.4, 0.5) is 11.4 Å². The van der Waals surface area contributed by atoms with E-state index in [2.05, 4.69) is 20.8 Å². The quantitative estimate of drug-likeness (QED) is 0.542. The van der Waals surface area contributed by atoms with Gasteiger partial charge in [0.1, 0.15) is 5.75 Å². The molecular formula is C19H20ClN5O2S. The minimum Gasteiger partial charge on any atom is -0.495 e. The topological polar surface area (TPSA) is 81.1 Å². The normalized spacial score (nSPS) is 10.5. The van der Waals surface area contributed by atoms with Crippen molar-refractivity contribution in [2.75, 3.05) is 23.5 Å². The van der Waals surface area contributed by atoms with E-state index in [-0.39, 0.29) is 11.7 Å². The number of anilines is 2. The van der Waals surface area contributed by atoms with Gasteiger partial charge in [-0.05, 0) is 30.3 Å². The smallest absolute Gasteiger partial charge is 0.234 e. The monoisotopic (exact) mass is 417 g/mol. The molecule has 0 unspecified atom stereocenters. The van der Waals surface area contributed by atoms with Crippen LogP contribution in [0.2, 0.25) is 5.02 Å². The fourth-order valence-electron chi connectivity index (χ4n) is 2.47. The molecule has 2 aromatic carbocycles. The highest BCUT2D eigenvalue weighted by Gasteiger charge is 2.12. The SMILES string of the molecule is COc1ccccc1NC(=O)CSc1nnc(CNc2cccc(Cl)c2)n1C. The molecule has 28 heavy (non-hydrogen) atoms. The number of ether oxygens (including phenoxy) is 1. The summed E-state index contributed by atoms with van der Waals surface area (Å²) in [5.41, 5.74) is 1.54. The van der Waals surface area contributed by atoms with E-state index in [0.29, 0.717) is 28.2 Å². The molecule has 146 valence electrons. The van der Waals surface area contributed by atoms with Crippen molar-refractivity contribution in [3.63, 3.8) is 0 Å². The molecule has 0 aliphatic rings. The first-order chi connectivity index (χ1) is 13.6. The first-order valence-corrected chi connectivity index (χ1v) is 9.86. The van der Waals surface area contributed by atoms with Gasteiger partial charge in [-0.2, -0.15) is 0 Å². The van der Waals surface area contributed by atoms with Crippen LogP contribution in [0.1, 0.15) is 5.82 Å². The van der Waals surface area contributed by atoms with Crippen molar-refractivity contribution in [2.45, 2.75) is 11.7 Å². The molecule has 1 amide bonds. The number of thioether (sulfide) groups is 1. The van der Waals surface area contributed by atoms with Gasteiger partial charge in [-0.15, -0.1) is 10.2 Å². The molecule has 0 saturated carbocycles. The number of aromatic nitrogens is 3. The Bertz CT molecular complexity index is 963. The maximum Gasteiger partial charge on any atom is 0.234 e. The lowest BCUT2D eigenvalue weighted by atomic mass is 10.3. The van der Waals surface area contributed by atoms with Crippen LogP contribution in [0.3, 0.4) is 0 Å². The highest BCUT2D eigenvalue weighted by atomic mass is 35.5. The number of amides is 1. The van der Waals surface area contributed by atoms with Gasteiger partial charge in [0, 0.05) is 17.8 Å². The summed E-state index contributed by atoms with van der Waals surface area (Å²) in [6.45, 7) is 0.498. The number of nitrogens with zero attached hydrogens (tertiary/aromatic N) is 3. The number of hydrogen-bond acceptors (Lipinski definition) is 6.